The van der Waals surface area contributed by atoms with Crippen molar-refractivity contribution in [1.29, 1.82) is 0 Å². The molecule has 0 saturated carbocycles. The Bertz CT molecular complexity index is 1730. The second-order valence-electron chi connectivity index (χ2n) is 10.3. The van der Waals surface area contributed by atoms with Crippen molar-refractivity contribution in [3.63, 3.8) is 0 Å². The van der Waals surface area contributed by atoms with Crippen LogP contribution in [-0.2, 0) is 36.2 Å². The molecule has 0 atom stereocenters. The Morgan fingerprint density at radius 3 is 2.44 bits per heavy atom. The van der Waals surface area contributed by atoms with E-state index in [9.17, 15) is 24.5 Å². The highest BCUT2D eigenvalue weighted by atomic mass is 16.6. The molecule has 2 aromatic carbocycles. The molecule has 0 spiro atoms. The number of non-ortho nitro benzene ring substituents is 1. The fraction of sp³-hybridized carbons (Fsp3) is 0.414. The van der Waals surface area contributed by atoms with Crippen LogP contribution in [0.4, 0.5) is 5.69 Å². The van der Waals surface area contributed by atoms with E-state index in [1.165, 1.54) is 24.6 Å². The Hall–Kier alpha value is -4.61. The van der Waals surface area contributed by atoms with Gasteiger partial charge in [0.1, 0.15) is 18.1 Å². The first-order valence-electron chi connectivity index (χ1n) is 13.5. The molecule has 0 bridgehead atoms. The van der Waals surface area contributed by atoms with Gasteiger partial charge in [0.15, 0.2) is 11.2 Å². The molecule has 0 amide bonds. The van der Waals surface area contributed by atoms with Gasteiger partial charge >= 0.3 is 11.7 Å². The number of nitro groups is 1. The quantitative estimate of drug-likeness (QED) is 0.108. The number of aromatic nitrogens is 4. The number of esters is 1. The molecule has 0 aliphatic heterocycles. The molecule has 0 fully saturated rings. The van der Waals surface area contributed by atoms with Crippen molar-refractivity contribution in [2.75, 3.05) is 6.61 Å². The van der Waals surface area contributed by atoms with Crippen LogP contribution in [-0.4, -0.2) is 36.6 Å². The van der Waals surface area contributed by atoms with Crippen LogP contribution in [0.2, 0.25) is 0 Å². The van der Waals surface area contributed by atoms with Crippen LogP contribution in [0.25, 0.3) is 21.9 Å². The number of fused-ring (bicyclic) bond motifs is 2. The SMILES string of the molecule is CC(=O)OCCCCCc1nc2c(=O)n(C)c(=O)n(CC(C)C)c2nc1COc1ccc([N+](=O)[O-])c2ccccc12. The van der Waals surface area contributed by atoms with E-state index in [4.69, 9.17) is 19.4 Å². The first-order valence-corrected chi connectivity index (χ1v) is 13.5. The van der Waals surface area contributed by atoms with Gasteiger partial charge in [-0.3, -0.25) is 28.8 Å². The van der Waals surface area contributed by atoms with E-state index >= 15 is 0 Å². The summed E-state index contributed by atoms with van der Waals surface area (Å²) in [6, 6.07) is 9.86. The molecule has 0 unspecified atom stereocenters. The van der Waals surface area contributed by atoms with E-state index in [1.807, 2.05) is 13.8 Å². The number of nitrogens with zero attached hydrogens (tertiary/aromatic N) is 5. The van der Waals surface area contributed by atoms with Gasteiger partial charge < -0.3 is 9.47 Å². The fourth-order valence-corrected chi connectivity index (χ4v) is 4.66. The molecular weight excluding hydrogens is 530 g/mol. The van der Waals surface area contributed by atoms with Crippen LogP contribution in [0.1, 0.15) is 51.4 Å². The topological polar surface area (TPSA) is 148 Å². The summed E-state index contributed by atoms with van der Waals surface area (Å²) < 4.78 is 13.7. The van der Waals surface area contributed by atoms with Gasteiger partial charge in [-0.25, -0.2) is 14.8 Å². The fourth-order valence-electron chi connectivity index (χ4n) is 4.66. The minimum absolute atomic E-state index is 0.0264. The van der Waals surface area contributed by atoms with Gasteiger partial charge in [-0.05, 0) is 43.7 Å². The van der Waals surface area contributed by atoms with Crippen molar-refractivity contribution >= 4 is 33.6 Å². The molecule has 2 heterocycles. The summed E-state index contributed by atoms with van der Waals surface area (Å²) in [6.07, 6.45) is 2.61. The molecule has 41 heavy (non-hydrogen) atoms. The van der Waals surface area contributed by atoms with Crippen molar-refractivity contribution < 1.29 is 19.2 Å². The summed E-state index contributed by atoms with van der Waals surface area (Å²) in [5, 5.41) is 12.6. The van der Waals surface area contributed by atoms with Crippen LogP contribution in [0.15, 0.2) is 46.0 Å². The summed E-state index contributed by atoms with van der Waals surface area (Å²) in [4.78, 5) is 57.6. The lowest BCUT2D eigenvalue weighted by Crippen LogP contribution is -2.40. The van der Waals surface area contributed by atoms with Crippen LogP contribution in [0.3, 0.4) is 0 Å². The zero-order valence-electron chi connectivity index (χ0n) is 23.6. The van der Waals surface area contributed by atoms with E-state index in [1.54, 1.807) is 30.3 Å². The van der Waals surface area contributed by atoms with E-state index in [0.717, 1.165) is 11.0 Å². The van der Waals surface area contributed by atoms with Crippen molar-refractivity contribution in [2.45, 2.75) is 59.6 Å². The molecule has 12 nitrogen and oxygen atoms in total. The number of hydrogen-bond acceptors (Lipinski definition) is 9. The van der Waals surface area contributed by atoms with Crippen LogP contribution >= 0.6 is 0 Å². The third-order valence-electron chi connectivity index (χ3n) is 6.65. The predicted octanol–water partition coefficient (Wildman–Crippen LogP) is 4.06. The predicted molar refractivity (Wildman–Crippen MR) is 153 cm³/mol. The Kier molecular flexibility index (Phi) is 9.10. The lowest BCUT2D eigenvalue weighted by atomic mass is 10.1. The number of carbonyl (C=O) groups is 1. The average molecular weight is 564 g/mol. The summed E-state index contributed by atoms with van der Waals surface area (Å²) in [7, 11) is 1.42. The summed E-state index contributed by atoms with van der Waals surface area (Å²) in [6.45, 7) is 5.93. The van der Waals surface area contributed by atoms with Crippen molar-refractivity contribution in [1.82, 2.24) is 19.1 Å². The van der Waals surface area contributed by atoms with E-state index in [0.29, 0.717) is 60.3 Å². The van der Waals surface area contributed by atoms with Gasteiger partial charge in [-0.2, -0.15) is 0 Å². The second-order valence-corrected chi connectivity index (χ2v) is 10.3. The first-order chi connectivity index (χ1) is 19.6. The maximum atomic E-state index is 13.1. The molecule has 0 aliphatic carbocycles. The second kappa shape index (κ2) is 12.7. The lowest BCUT2D eigenvalue weighted by Gasteiger charge is -2.16. The molecule has 0 N–H and O–H groups in total. The molecule has 12 heteroatoms. The molecule has 216 valence electrons. The number of benzene rings is 2. The van der Waals surface area contributed by atoms with Gasteiger partial charge in [0.25, 0.3) is 11.2 Å². The van der Waals surface area contributed by atoms with Crippen LogP contribution < -0.4 is 16.0 Å². The zero-order chi connectivity index (χ0) is 29.7. The van der Waals surface area contributed by atoms with E-state index < -0.39 is 16.2 Å². The molecule has 2 aromatic heterocycles. The van der Waals surface area contributed by atoms with Crippen LogP contribution in [0.5, 0.6) is 5.75 Å². The van der Waals surface area contributed by atoms with Gasteiger partial charge in [0.2, 0.25) is 0 Å². The van der Waals surface area contributed by atoms with E-state index in [2.05, 4.69) is 0 Å². The molecule has 4 rings (SSSR count). The average Bonchev–Trinajstić information content (AvgIpc) is 2.94. The molecule has 0 aliphatic rings. The minimum Gasteiger partial charge on any atom is -0.487 e. The Labute approximate surface area is 235 Å². The standard InChI is InChI=1S/C29H33N5O7/c1-18(2)16-33-27-26(28(36)32(4)29(33)37)30-22(12-6-5-9-15-40-19(3)35)23(31-27)17-41-25-14-13-24(34(38)39)20-10-7-8-11-21(20)25/h7-8,10-11,13-14,18H,5-6,9,12,15-17H2,1-4H3. The largest absolute Gasteiger partial charge is 0.487 e. The number of aryl methyl sites for hydroxylation is 1. The summed E-state index contributed by atoms with van der Waals surface area (Å²) in [5.41, 5.74) is 0.290. The number of ether oxygens (including phenoxy) is 2. The molecule has 0 radical (unpaired) electrons. The van der Waals surface area contributed by atoms with E-state index in [-0.39, 0.29) is 35.3 Å². The normalized spacial score (nSPS) is 11.3. The highest BCUT2D eigenvalue weighted by Gasteiger charge is 2.20. The Morgan fingerprint density at radius 1 is 1.02 bits per heavy atom. The van der Waals surface area contributed by atoms with Crippen molar-refractivity contribution in [3.05, 3.63) is 78.7 Å². The maximum absolute atomic E-state index is 13.1. The summed E-state index contributed by atoms with van der Waals surface area (Å²) in [5.74, 6) is 0.217. The maximum Gasteiger partial charge on any atom is 0.332 e. The van der Waals surface area contributed by atoms with Gasteiger partial charge in [-0.1, -0.05) is 32.0 Å². The van der Waals surface area contributed by atoms with Gasteiger partial charge in [0, 0.05) is 32.0 Å². The summed E-state index contributed by atoms with van der Waals surface area (Å²) >= 11 is 0. The molecular formula is C29H33N5O7. The lowest BCUT2D eigenvalue weighted by molar-refractivity contribution is -0.383. The Balaban J connectivity index is 1.74. The molecule has 0 saturated heterocycles. The number of unbranched alkanes of at least 4 members (excludes halogenated alkanes) is 2. The molecule has 4 aromatic rings. The minimum atomic E-state index is -0.526. The Morgan fingerprint density at radius 2 is 1.76 bits per heavy atom. The number of hydrogen-bond donors (Lipinski definition) is 0. The monoisotopic (exact) mass is 563 g/mol. The highest BCUT2D eigenvalue weighted by molar-refractivity contribution is 5.95. The first kappa shape index (κ1) is 29.4. The van der Waals surface area contributed by atoms with Gasteiger partial charge in [-0.15, -0.1) is 0 Å². The number of nitro benzene ring substituents is 1. The zero-order valence-corrected chi connectivity index (χ0v) is 23.6. The number of rotatable bonds is 12. The third kappa shape index (κ3) is 6.59. The van der Waals surface area contributed by atoms with Crippen molar-refractivity contribution in [3.8, 4) is 5.75 Å². The number of carbonyl (C=O) groups excluding carboxylic acids is 1. The highest BCUT2D eigenvalue weighted by Crippen LogP contribution is 2.33. The third-order valence-corrected chi connectivity index (χ3v) is 6.65. The smallest absolute Gasteiger partial charge is 0.332 e. The van der Waals surface area contributed by atoms with Crippen molar-refractivity contribution in [2.24, 2.45) is 13.0 Å². The van der Waals surface area contributed by atoms with Crippen LogP contribution in [0, 0.1) is 16.0 Å². The van der Waals surface area contributed by atoms with Gasteiger partial charge in [0.05, 0.1) is 22.6 Å².